The van der Waals surface area contributed by atoms with Gasteiger partial charge in [0.15, 0.2) is 5.16 Å². The molecule has 4 aromatic rings. The zero-order valence-electron chi connectivity index (χ0n) is 15.2. The van der Waals surface area contributed by atoms with Crippen molar-refractivity contribution >= 4 is 23.5 Å². The second-order valence-electron chi connectivity index (χ2n) is 6.15. The molecule has 0 aliphatic carbocycles. The first-order valence-corrected chi connectivity index (χ1v) is 11.0. The Labute approximate surface area is 171 Å². The first-order valence-electron chi connectivity index (χ1n) is 8.75. The lowest BCUT2D eigenvalue weighted by Crippen LogP contribution is -1.85. The third-order valence-corrected chi connectivity index (χ3v) is 5.97. The van der Waals surface area contributed by atoms with Crippen LogP contribution >= 0.6 is 23.5 Å². The van der Waals surface area contributed by atoms with E-state index in [1.54, 1.807) is 48.1 Å². The summed E-state index contributed by atoms with van der Waals surface area (Å²) in [6.07, 6.45) is 5.60. The van der Waals surface area contributed by atoms with Gasteiger partial charge in [-0.3, -0.25) is 4.98 Å². The second kappa shape index (κ2) is 8.63. The average molecular weight is 408 g/mol. The fourth-order valence-electron chi connectivity index (χ4n) is 2.83. The van der Waals surface area contributed by atoms with Crippen molar-refractivity contribution in [3.8, 4) is 22.5 Å². The molecule has 0 amide bonds. The van der Waals surface area contributed by atoms with Gasteiger partial charge in [0.05, 0.1) is 11.4 Å². The van der Waals surface area contributed by atoms with Crippen LogP contribution in [0.1, 0.15) is 5.56 Å². The molecule has 1 N–H and O–H groups in total. The van der Waals surface area contributed by atoms with E-state index >= 15 is 0 Å². The number of pyridine rings is 1. The summed E-state index contributed by atoms with van der Waals surface area (Å²) in [6.45, 7) is 0. The summed E-state index contributed by atoms with van der Waals surface area (Å²) in [5.41, 5.74) is 4.75. The van der Waals surface area contributed by atoms with E-state index in [0.717, 1.165) is 33.4 Å². The average Bonchev–Trinajstić information content (AvgIpc) is 3.18. The van der Waals surface area contributed by atoms with Crippen LogP contribution in [0.5, 0.6) is 0 Å². The van der Waals surface area contributed by atoms with E-state index in [1.807, 2.05) is 12.1 Å². The molecule has 6 heteroatoms. The Kier molecular flexibility index (Phi) is 5.78. The molecule has 0 aliphatic rings. The highest BCUT2D eigenvalue weighted by Crippen LogP contribution is 2.33. The van der Waals surface area contributed by atoms with E-state index in [-0.39, 0.29) is 5.82 Å². The van der Waals surface area contributed by atoms with Gasteiger partial charge in [-0.05, 0) is 60.4 Å². The quantitative estimate of drug-likeness (QED) is 0.381. The zero-order chi connectivity index (χ0) is 19.3. The molecule has 0 atom stereocenters. The summed E-state index contributed by atoms with van der Waals surface area (Å²) in [4.78, 5) is 13.7. The highest BCUT2D eigenvalue weighted by Gasteiger charge is 2.15. The highest BCUT2D eigenvalue weighted by molar-refractivity contribution is 7.98. The van der Waals surface area contributed by atoms with Gasteiger partial charge < -0.3 is 4.98 Å². The Balaban J connectivity index is 1.63. The Morgan fingerprint density at radius 1 is 0.964 bits per heavy atom. The summed E-state index contributed by atoms with van der Waals surface area (Å²) in [5, 5.41) is 0.826. The Morgan fingerprint density at radius 2 is 1.75 bits per heavy atom. The van der Waals surface area contributed by atoms with Crippen LogP contribution in [-0.2, 0) is 5.75 Å². The van der Waals surface area contributed by atoms with Gasteiger partial charge in [-0.15, -0.1) is 11.8 Å². The molecule has 2 aromatic carbocycles. The minimum Gasteiger partial charge on any atom is -0.332 e. The smallest absolute Gasteiger partial charge is 0.166 e. The molecule has 0 aliphatic heterocycles. The second-order valence-corrected chi connectivity index (χ2v) is 7.99. The van der Waals surface area contributed by atoms with E-state index in [9.17, 15) is 4.39 Å². The summed E-state index contributed by atoms with van der Waals surface area (Å²) in [5.74, 6) is 0.562. The maximum Gasteiger partial charge on any atom is 0.166 e. The number of hydrogen-bond donors (Lipinski definition) is 1. The summed E-state index contributed by atoms with van der Waals surface area (Å²) >= 11 is 3.38. The molecule has 140 valence electrons. The molecule has 4 rings (SSSR count). The maximum absolute atomic E-state index is 13.4. The number of halogens is 1. The van der Waals surface area contributed by atoms with Crippen LogP contribution in [0.15, 0.2) is 83.1 Å². The predicted octanol–water partition coefficient (Wildman–Crippen LogP) is 6.29. The van der Waals surface area contributed by atoms with Gasteiger partial charge in [0, 0.05) is 34.2 Å². The van der Waals surface area contributed by atoms with Gasteiger partial charge in [0.1, 0.15) is 5.82 Å². The zero-order valence-corrected chi connectivity index (χ0v) is 16.9. The molecule has 0 bridgehead atoms. The van der Waals surface area contributed by atoms with E-state index in [2.05, 4.69) is 40.5 Å². The van der Waals surface area contributed by atoms with Gasteiger partial charge in [-0.1, -0.05) is 23.9 Å². The Hall–Kier alpha value is -2.57. The van der Waals surface area contributed by atoms with Gasteiger partial charge in [0.2, 0.25) is 0 Å². The summed E-state index contributed by atoms with van der Waals surface area (Å²) < 4.78 is 13.4. The normalized spacial score (nSPS) is 10.9. The van der Waals surface area contributed by atoms with Crippen LogP contribution in [0, 0.1) is 5.82 Å². The Morgan fingerprint density at radius 3 is 2.43 bits per heavy atom. The van der Waals surface area contributed by atoms with Crippen LogP contribution in [-0.4, -0.2) is 21.2 Å². The molecular formula is C22H18FN3S2. The lowest BCUT2D eigenvalue weighted by molar-refractivity contribution is 0.628. The number of thioether (sulfide) groups is 2. The molecule has 3 nitrogen and oxygen atoms in total. The molecule has 0 spiro atoms. The number of aromatic amines is 1. The number of aromatic nitrogens is 3. The SMILES string of the molecule is CSc1ccc(CSc2nc(-c3cccnc3)c(-c3ccc(F)cc3)[nH]2)cc1. The largest absolute Gasteiger partial charge is 0.332 e. The van der Waals surface area contributed by atoms with Crippen molar-refractivity contribution in [3.63, 3.8) is 0 Å². The van der Waals surface area contributed by atoms with E-state index < -0.39 is 0 Å². The predicted molar refractivity (Wildman–Crippen MR) is 115 cm³/mol. The minimum absolute atomic E-state index is 0.255. The summed E-state index contributed by atoms with van der Waals surface area (Å²) in [7, 11) is 0. The van der Waals surface area contributed by atoms with Crippen molar-refractivity contribution in [2.75, 3.05) is 6.26 Å². The first kappa shape index (κ1) is 18.8. The van der Waals surface area contributed by atoms with Crippen molar-refractivity contribution < 1.29 is 4.39 Å². The molecule has 0 unspecified atom stereocenters. The number of nitrogens with one attached hydrogen (secondary N) is 1. The molecule has 0 saturated carbocycles. The van der Waals surface area contributed by atoms with Crippen molar-refractivity contribution in [2.24, 2.45) is 0 Å². The van der Waals surface area contributed by atoms with Crippen molar-refractivity contribution in [3.05, 3.63) is 84.4 Å². The number of nitrogens with zero attached hydrogens (tertiary/aromatic N) is 2. The van der Waals surface area contributed by atoms with E-state index in [0.29, 0.717) is 0 Å². The number of benzene rings is 2. The van der Waals surface area contributed by atoms with Crippen LogP contribution in [0.25, 0.3) is 22.5 Å². The molecule has 0 fully saturated rings. The first-order chi connectivity index (χ1) is 13.7. The minimum atomic E-state index is -0.255. The molecular weight excluding hydrogens is 389 g/mol. The van der Waals surface area contributed by atoms with E-state index in [4.69, 9.17) is 4.98 Å². The fourth-order valence-corrected chi connectivity index (χ4v) is 4.06. The maximum atomic E-state index is 13.4. The molecule has 2 aromatic heterocycles. The number of rotatable bonds is 6. The fraction of sp³-hybridized carbons (Fsp3) is 0.0909. The number of H-pyrrole nitrogens is 1. The van der Waals surface area contributed by atoms with Gasteiger partial charge in [-0.25, -0.2) is 9.37 Å². The monoisotopic (exact) mass is 407 g/mol. The highest BCUT2D eigenvalue weighted by atomic mass is 32.2. The van der Waals surface area contributed by atoms with Crippen molar-refractivity contribution in [2.45, 2.75) is 15.8 Å². The Bertz CT molecular complexity index is 1050. The van der Waals surface area contributed by atoms with Gasteiger partial charge in [-0.2, -0.15) is 0 Å². The third-order valence-electron chi connectivity index (χ3n) is 4.28. The standard InChI is InChI=1S/C22H18FN3S2/c1-27-19-10-4-15(5-11-19)14-28-22-25-20(16-6-8-18(23)9-7-16)21(26-22)17-3-2-12-24-13-17/h2-13H,14H2,1H3,(H,25,26). The van der Waals surface area contributed by atoms with Crippen LogP contribution in [0.4, 0.5) is 4.39 Å². The summed E-state index contributed by atoms with van der Waals surface area (Å²) in [6, 6.07) is 18.9. The molecule has 28 heavy (non-hydrogen) atoms. The van der Waals surface area contributed by atoms with Gasteiger partial charge in [0.25, 0.3) is 0 Å². The topological polar surface area (TPSA) is 41.6 Å². The van der Waals surface area contributed by atoms with Crippen molar-refractivity contribution in [1.29, 1.82) is 0 Å². The van der Waals surface area contributed by atoms with Crippen LogP contribution < -0.4 is 0 Å². The van der Waals surface area contributed by atoms with Crippen LogP contribution in [0.3, 0.4) is 0 Å². The van der Waals surface area contributed by atoms with Gasteiger partial charge >= 0.3 is 0 Å². The molecule has 0 radical (unpaired) electrons. The van der Waals surface area contributed by atoms with E-state index in [1.165, 1.54) is 22.6 Å². The number of imidazole rings is 1. The molecule has 0 saturated heterocycles. The van der Waals surface area contributed by atoms with Crippen molar-refractivity contribution in [1.82, 2.24) is 15.0 Å². The molecule has 2 heterocycles. The number of hydrogen-bond acceptors (Lipinski definition) is 4. The third kappa shape index (κ3) is 4.29. The van der Waals surface area contributed by atoms with Crippen LogP contribution in [0.2, 0.25) is 0 Å². The lowest BCUT2D eigenvalue weighted by Gasteiger charge is -2.02. The lowest BCUT2D eigenvalue weighted by atomic mass is 10.1.